The van der Waals surface area contributed by atoms with Crippen LogP contribution in [0.4, 0.5) is 0 Å². The van der Waals surface area contributed by atoms with E-state index in [1.807, 2.05) is 6.92 Å². The Morgan fingerprint density at radius 1 is 1.44 bits per heavy atom. The third-order valence-electron chi connectivity index (χ3n) is 4.14. The fourth-order valence-corrected chi connectivity index (χ4v) is 3.45. The molecule has 2 saturated heterocycles. The first kappa shape index (κ1) is 11.9. The molecule has 3 unspecified atom stereocenters. The number of rotatable bonds is 4. The van der Waals surface area contributed by atoms with Crippen molar-refractivity contribution in [1.82, 2.24) is 10.2 Å². The van der Waals surface area contributed by atoms with Crippen LogP contribution in [0.5, 0.6) is 0 Å². The first-order chi connectivity index (χ1) is 7.63. The van der Waals surface area contributed by atoms with Gasteiger partial charge in [0.1, 0.15) is 0 Å². The lowest BCUT2D eigenvalue weighted by Gasteiger charge is -2.41. The number of nitrogens with two attached hydrogens (primary N) is 1. The van der Waals surface area contributed by atoms with E-state index in [2.05, 4.69) is 17.1 Å². The van der Waals surface area contributed by atoms with Gasteiger partial charge in [-0.15, -0.1) is 0 Å². The van der Waals surface area contributed by atoms with E-state index in [1.165, 1.54) is 25.7 Å². The fourth-order valence-electron chi connectivity index (χ4n) is 3.45. The number of hydrogen-bond donors (Lipinski definition) is 2. The molecule has 0 radical (unpaired) electrons. The quantitative estimate of drug-likeness (QED) is 0.731. The molecule has 0 saturated carbocycles. The molecule has 16 heavy (non-hydrogen) atoms. The number of nitrogens with zero attached hydrogens (tertiary/aromatic N) is 1. The minimum Gasteiger partial charge on any atom is -0.368 e. The Morgan fingerprint density at radius 2 is 2.00 bits per heavy atom. The van der Waals surface area contributed by atoms with Gasteiger partial charge in [0.25, 0.3) is 0 Å². The Balaban J connectivity index is 2.02. The number of primary amides is 1. The summed E-state index contributed by atoms with van der Waals surface area (Å²) in [6.07, 6.45) is 4.79. The van der Waals surface area contributed by atoms with E-state index in [1.54, 1.807) is 0 Å². The van der Waals surface area contributed by atoms with E-state index in [0.717, 1.165) is 6.54 Å². The standard InChI is InChI=1S/C12H23N3O/c1-3-14-9-6-10-4-5-11(7-9)15(10)8(2)12(13)16/h8-11,14H,3-7H2,1-2H3,(H2,13,16). The van der Waals surface area contributed by atoms with Gasteiger partial charge in [-0.3, -0.25) is 9.69 Å². The van der Waals surface area contributed by atoms with E-state index < -0.39 is 0 Å². The Morgan fingerprint density at radius 3 is 2.44 bits per heavy atom. The van der Waals surface area contributed by atoms with Crippen molar-refractivity contribution in [3.05, 3.63) is 0 Å². The minimum atomic E-state index is -0.182. The van der Waals surface area contributed by atoms with E-state index in [-0.39, 0.29) is 11.9 Å². The second kappa shape index (κ2) is 4.72. The second-order valence-electron chi connectivity index (χ2n) is 5.14. The Kier molecular flexibility index (Phi) is 3.50. The summed E-state index contributed by atoms with van der Waals surface area (Å²) in [6.45, 7) is 5.14. The minimum absolute atomic E-state index is 0.0972. The maximum atomic E-state index is 11.3. The van der Waals surface area contributed by atoms with Gasteiger partial charge in [0.2, 0.25) is 5.91 Å². The Bertz CT molecular complexity index is 255. The monoisotopic (exact) mass is 225 g/mol. The van der Waals surface area contributed by atoms with Crippen LogP contribution >= 0.6 is 0 Å². The SMILES string of the molecule is CCNC1CC2CCC(C1)N2C(C)C(N)=O. The van der Waals surface area contributed by atoms with Gasteiger partial charge in [-0.2, -0.15) is 0 Å². The molecule has 0 aliphatic carbocycles. The summed E-state index contributed by atoms with van der Waals surface area (Å²) in [5, 5.41) is 3.53. The largest absolute Gasteiger partial charge is 0.368 e. The van der Waals surface area contributed by atoms with Gasteiger partial charge in [0.15, 0.2) is 0 Å². The normalized spacial score (nSPS) is 36.2. The lowest BCUT2D eigenvalue weighted by Crippen LogP contribution is -2.55. The van der Waals surface area contributed by atoms with Crippen molar-refractivity contribution < 1.29 is 4.79 Å². The first-order valence-electron chi connectivity index (χ1n) is 6.43. The molecule has 3 N–H and O–H groups in total. The summed E-state index contributed by atoms with van der Waals surface area (Å²) >= 11 is 0. The van der Waals surface area contributed by atoms with E-state index in [4.69, 9.17) is 5.73 Å². The van der Waals surface area contributed by atoms with Crippen molar-refractivity contribution in [3.8, 4) is 0 Å². The van der Waals surface area contributed by atoms with Crippen LogP contribution < -0.4 is 11.1 Å². The lowest BCUT2D eigenvalue weighted by molar-refractivity contribution is -0.124. The third kappa shape index (κ3) is 2.09. The van der Waals surface area contributed by atoms with Crippen molar-refractivity contribution in [2.45, 2.75) is 63.7 Å². The van der Waals surface area contributed by atoms with Crippen LogP contribution in [0.15, 0.2) is 0 Å². The summed E-state index contributed by atoms with van der Waals surface area (Å²) in [6, 6.07) is 1.66. The molecule has 4 nitrogen and oxygen atoms in total. The highest BCUT2D eigenvalue weighted by molar-refractivity contribution is 5.79. The maximum absolute atomic E-state index is 11.3. The first-order valence-corrected chi connectivity index (χ1v) is 6.43. The van der Waals surface area contributed by atoms with Crippen molar-refractivity contribution in [1.29, 1.82) is 0 Å². The van der Waals surface area contributed by atoms with Crippen molar-refractivity contribution >= 4 is 5.91 Å². The zero-order chi connectivity index (χ0) is 11.7. The van der Waals surface area contributed by atoms with Crippen molar-refractivity contribution in [3.63, 3.8) is 0 Å². The predicted molar refractivity (Wildman–Crippen MR) is 64.0 cm³/mol. The van der Waals surface area contributed by atoms with Gasteiger partial charge >= 0.3 is 0 Å². The summed E-state index contributed by atoms with van der Waals surface area (Å²) in [7, 11) is 0. The average molecular weight is 225 g/mol. The van der Waals surface area contributed by atoms with Crippen LogP contribution in [0.2, 0.25) is 0 Å². The van der Waals surface area contributed by atoms with E-state index >= 15 is 0 Å². The molecule has 0 spiro atoms. The number of amides is 1. The molecule has 2 rings (SSSR count). The molecule has 2 aliphatic rings. The van der Waals surface area contributed by atoms with Crippen LogP contribution in [0, 0.1) is 0 Å². The Labute approximate surface area is 97.6 Å². The zero-order valence-electron chi connectivity index (χ0n) is 10.3. The molecule has 1 amide bonds. The van der Waals surface area contributed by atoms with Crippen LogP contribution in [-0.2, 0) is 4.79 Å². The zero-order valence-corrected chi connectivity index (χ0v) is 10.3. The highest BCUT2D eigenvalue weighted by Gasteiger charge is 2.43. The summed E-state index contributed by atoms with van der Waals surface area (Å²) in [5.74, 6) is -0.182. The lowest BCUT2D eigenvalue weighted by atomic mass is 9.95. The molecule has 0 aromatic carbocycles. The molecule has 2 aliphatic heterocycles. The predicted octanol–water partition coefficient (Wildman–Crippen LogP) is 0.465. The topological polar surface area (TPSA) is 58.4 Å². The maximum Gasteiger partial charge on any atom is 0.234 e. The Hall–Kier alpha value is -0.610. The highest BCUT2D eigenvalue weighted by atomic mass is 16.1. The molecule has 3 atom stereocenters. The number of carbonyl (C=O) groups excluding carboxylic acids is 1. The van der Waals surface area contributed by atoms with Crippen LogP contribution in [0.25, 0.3) is 0 Å². The molecule has 0 aromatic heterocycles. The molecule has 2 heterocycles. The smallest absolute Gasteiger partial charge is 0.234 e. The third-order valence-corrected chi connectivity index (χ3v) is 4.14. The average Bonchev–Trinajstić information content (AvgIpc) is 2.49. The van der Waals surface area contributed by atoms with Crippen molar-refractivity contribution in [2.75, 3.05) is 6.54 Å². The molecule has 2 fully saturated rings. The van der Waals surface area contributed by atoms with Gasteiger partial charge in [0.05, 0.1) is 6.04 Å². The summed E-state index contributed by atoms with van der Waals surface area (Å²) in [5.41, 5.74) is 5.42. The molecule has 4 heteroatoms. The number of piperidine rings is 1. The molecule has 92 valence electrons. The molecular weight excluding hydrogens is 202 g/mol. The molecule has 0 aromatic rings. The summed E-state index contributed by atoms with van der Waals surface area (Å²) in [4.78, 5) is 13.6. The van der Waals surface area contributed by atoms with Gasteiger partial charge in [0, 0.05) is 18.1 Å². The van der Waals surface area contributed by atoms with Crippen LogP contribution in [0.3, 0.4) is 0 Å². The number of hydrogen-bond acceptors (Lipinski definition) is 3. The van der Waals surface area contributed by atoms with Gasteiger partial charge in [-0.05, 0) is 39.2 Å². The number of carbonyl (C=O) groups is 1. The molecular formula is C12H23N3O. The highest BCUT2D eigenvalue weighted by Crippen LogP contribution is 2.37. The van der Waals surface area contributed by atoms with E-state index in [9.17, 15) is 4.79 Å². The van der Waals surface area contributed by atoms with Crippen LogP contribution in [-0.4, -0.2) is 41.5 Å². The summed E-state index contributed by atoms with van der Waals surface area (Å²) < 4.78 is 0. The van der Waals surface area contributed by atoms with Gasteiger partial charge < -0.3 is 11.1 Å². The number of nitrogens with one attached hydrogen (secondary N) is 1. The fraction of sp³-hybridized carbons (Fsp3) is 0.917. The number of fused-ring (bicyclic) bond motifs is 2. The van der Waals surface area contributed by atoms with E-state index in [0.29, 0.717) is 18.1 Å². The second-order valence-corrected chi connectivity index (χ2v) is 5.14. The van der Waals surface area contributed by atoms with Gasteiger partial charge in [-0.25, -0.2) is 0 Å². The van der Waals surface area contributed by atoms with Crippen molar-refractivity contribution in [2.24, 2.45) is 5.73 Å². The molecule has 2 bridgehead atoms. The van der Waals surface area contributed by atoms with Gasteiger partial charge in [-0.1, -0.05) is 6.92 Å². The van der Waals surface area contributed by atoms with Crippen LogP contribution in [0.1, 0.15) is 39.5 Å².